The zero-order valence-electron chi connectivity index (χ0n) is 13.7. The molecule has 1 aliphatic heterocycles. The highest BCUT2D eigenvalue weighted by atomic mass is 35.5. The van der Waals surface area contributed by atoms with Crippen molar-refractivity contribution in [2.45, 2.75) is 25.1 Å². The van der Waals surface area contributed by atoms with Crippen LogP contribution in [0.4, 0.5) is 24.5 Å². The summed E-state index contributed by atoms with van der Waals surface area (Å²) in [4.78, 5) is 11.9. The summed E-state index contributed by atoms with van der Waals surface area (Å²) >= 11 is 6.06. The average Bonchev–Trinajstić information content (AvgIpc) is 2.51. The Labute approximate surface area is 153 Å². The molecule has 26 heavy (non-hydrogen) atoms. The molecule has 1 aromatic rings. The van der Waals surface area contributed by atoms with Gasteiger partial charge in [0.15, 0.2) is 0 Å². The first-order valence-electron chi connectivity index (χ1n) is 7.61. The number of hydrogen-bond acceptors (Lipinski definition) is 5. The van der Waals surface area contributed by atoms with Gasteiger partial charge in [-0.1, -0.05) is 11.6 Å². The van der Waals surface area contributed by atoms with Gasteiger partial charge in [0.2, 0.25) is 10.0 Å². The van der Waals surface area contributed by atoms with E-state index in [4.69, 9.17) is 11.6 Å². The second-order valence-corrected chi connectivity index (χ2v) is 8.38. The first-order valence-corrected chi connectivity index (χ1v) is 9.83. The van der Waals surface area contributed by atoms with Crippen LogP contribution in [0.15, 0.2) is 18.2 Å². The van der Waals surface area contributed by atoms with Gasteiger partial charge in [-0.3, -0.25) is 10.1 Å². The molecule has 0 spiro atoms. The van der Waals surface area contributed by atoms with E-state index >= 15 is 0 Å². The Morgan fingerprint density at radius 3 is 2.35 bits per heavy atom. The topological polar surface area (TPSA) is 83.8 Å². The minimum atomic E-state index is -4.62. The third-order valence-corrected chi connectivity index (χ3v) is 5.70. The van der Waals surface area contributed by atoms with Crippen LogP contribution >= 0.6 is 11.6 Å². The highest BCUT2D eigenvalue weighted by molar-refractivity contribution is 7.88. The van der Waals surface area contributed by atoms with Crippen molar-refractivity contribution < 1.29 is 26.5 Å². The summed E-state index contributed by atoms with van der Waals surface area (Å²) in [5.41, 5.74) is 0.361. The molecule has 0 bridgehead atoms. The van der Waals surface area contributed by atoms with Crippen LogP contribution in [0.1, 0.15) is 12.8 Å². The summed E-state index contributed by atoms with van der Waals surface area (Å²) in [6.45, 7) is -0.951. The van der Waals surface area contributed by atoms with Gasteiger partial charge in [-0.15, -0.1) is 0 Å². The molecule has 0 unspecified atom stereocenters. The normalized spacial score (nSPS) is 16.9. The molecule has 7 nitrogen and oxygen atoms in total. The van der Waals surface area contributed by atoms with Crippen LogP contribution in [0.2, 0.25) is 5.02 Å². The first-order chi connectivity index (χ1) is 11.9. The minimum Gasteiger partial charge on any atom is -0.370 e. The number of non-ortho nitro benzene ring substituents is 1. The lowest BCUT2D eigenvalue weighted by Gasteiger charge is -2.38. The Morgan fingerprint density at radius 1 is 1.35 bits per heavy atom. The molecule has 12 heteroatoms. The number of nitro benzene ring substituents is 1. The summed E-state index contributed by atoms with van der Waals surface area (Å²) in [7, 11) is -4.01. The third-order valence-electron chi connectivity index (χ3n) is 4.12. The zero-order valence-corrected chi connectivity index (χ0v) is 15.3. The molecule has 0 radical (unpaired) electrons. The highest BCUT2D eigenvalue weighted by Crippen LogP contribution is 2.33. The molecule has 1 fully saturated rings. The van der Waals surface area contributed by atoms with Crippen LogP contribution in [0.3, 0.4) is 0 Å². The molecule has 1 aliphatic rings. The van der Waals surface area contributed by atoms with E-state index in [0.29, 0.717) is 9.99 Å². The Balaban J connectivity index is 2.11. The van der Waals surface area contributed by atoms with Crippen molar-refractivity contribution in [3.05, 3.63) is 33.3 Å². The van der Waals surface area contributed by atoms with Crippen LogP contribution in [0, 0.1) is 10.1 Å². The molecule has 1 heterocycles. The standard InChI is InChI=1S/C14H17ClF3N3O4S/c1-26(24,25)20(9-14(16,17)18)10-4-6-19(7-5-10)13-3-2-11(21(22)23)8-12(13)15/h2-3,8,10H,4-7,9H2,1H3. The van der Waals surface area contributed by atoms with Crippen molar-refractivity contribution >= 4 is 33.0 Å². The molecule has 0 atom stereocenters. The van der Waals surface area contributed by atoms with Gasteiger partial charge >= 0.3 is 6.18 Å². The van der Waals surface area contributed by atoms with Crippen molar-refractivity contribution in [3.63, 3.8) is 0 Å². The minimum absolute atomic E-state index is 0.160. The van der Waals surface area contributed by atoms with Crippen molar-refractivity contribution in [2.75, 3.05) is 30.8 Å². The number of nitro groups is 1. The maximum atomic E-state index is 12.7. The number of halogens is 4. The van der Waals surface area contributed by atoms with Crippen molar-refractivity contribution in [2.24, 2.45) is 0 Å². The maximum Gasteiger partial charge on any atom is 0.402 e. The van der Waals surface area contributed by atoms with E-state index in [1.54, 1.807) is 4.90 Å². The van der Waals surface area contributed by atoms with E-state index in [0.717, 1.165) is 6.26 Å². The van der Waals surface area contributed by atoms with Crippen molar-refractivity contribution in [1.82, 2.24) is 4.31 Å². The number of piperidine rings is 1. The van der Waals surface area contributed by atoms with Gasteiger partial charge < -0.3 is 4.90 Å². The number of alkyl halides is 3. The predicted octanol–water partition coefficient (Wildman–Crippen LogP) is 3.04. The zero-order chi connectivity index (χ0) is 19.7. The van der Waals surface area contributed by atoms with Crippen LogP contribution < -0.4 is 4.90 Å². The van der Waals surface area contributed by atoms with Crippen LogP contribution in [0.25, 0.3) is 0 Å². The Hall–Kier alpha value is -1.59. The molecule has 0 aliphatic carbocycles. The lowest BCUT2D eigenvalue weighted by molar-refractivity contribution is -0.384. The van der Waals surface area contributed by atoms with Gasteiger partial charge in [-0.25, -0.2) is 8.42 Å². The number of rotatable bonds is 5. The van der Waals surface area contributed by atoms with Gasteiger partial charge in [-0.2, -0.15) is 17.5 Å². The van der Waals surface area contributed by atoms with Crippen molar-refractivity contribution in [3.8, 4) is 0 Å². The fraction of sp³-hybridized carbons (Fsp3) is 0.571. The molecular weight excluding hydrogens is 399 g/mol. The third kappa shape index (κ3) is 5.21. The quantitative estimate of drug-likeness (QED) is 0.545. The fourth-order valence-corrected chi connectivity index (χ4v) is 4.38. The fourth-order valence-electron chi connectivity index (χ4n) is 2.95. The Morgan fingerprint density at radius 2 is 1.92 bits per heavy atom. The summed E-state index contributed by atoms with van der Waals surface area (Å²) in [5.74, 6) is 0. The molecule has 0 amide bonds. The summed E-state index contributed by atoms with van der Waals surface area (Å²) in [5, 5.41) is 10.9. The van der Waals surface area contributed by atoms with Gasteiger partial charge in [0.25, 0.3) is 5.69 Å². The Kier molecular flexibility index (Phi) is 6.03. The van der Waals surface area contributed by atoms with Crippen LogP contribution in [-0.2, 0) is 10.0 Å². The Bertz CT molecular complexity index is 780. The number of nitrogens with zero attached hydrogens (tertiary/aromatic N) is 3. The molecule has 1 aromatic carbocycles. The highest BCUT2D eigenvalue weighted by Gasteiger charge is 2.39. The maximum absolute atomic E-state index is 12.7. The summed E-state index contributed by atoms with van der Waals surface area (Å²) in [6.07, 6.45) is -3.48. The molecule has 0 aromatic heterocycles. The van der Waals surface area contributed by atoms with Crippen LogP contribution in [-0.4, -0.2) is 55.8 Å². The molecular formula is C14H17ClF3N3O4S. The van der Waals surface area contributed by atoms with E-state index in [1.807, 2.05) is 0 Å². The predicted molar refractivity (Wildman–Crippen MR) is 90.9 cm³/mol. The molecule has 1 saturated heterocycles. The van der Waals surface area contributed by atoms with E-state index in [9.17, 15) is 31.7 Å². The second kappa shape index (κ2) is 7.57. The van der Waals surface area contributed by atoms with Crippen LogP contribution in [0.5, 0.6) is 0 Å². The van der Waals surface area contributed by atoms with Gasteiger partial charge in [0.05, 0.1) is 21.9 Å². The molecule has 146 valence electrons. The molecule has 0 N–H and O–H groups in total. The van der Waals surface area contributed by atoms with Gasteiger partial charge in [-0.05, 0) is 18.9 Å². The van der Waals surface area contributed by atoms with E-state index < -0.39 is 33.7 Å². The van der Waals surface area contributed by atoms with Gasteiger partial charge in [0, 0.05) is 31.3 Å². The number of anilines is 1. The SMILES string of the molecule is CS(=O)(=O)N(CC(F)(F)F)C1CCN(c2ccc([N+](=O)[O-])cc2Cl)CC1. The number of hydrogen-bond donors (Lipinski definition) is 0. The monoisotopic (exact) mass is 415 g/mol. The average molecular weight is 416 g/mol. The summed E-state index contributed by atoms with van der Waals surface area (Å²) < 4.78 is 62.1. The number of sulfonamides is 1. The van der Waals surface area contributed by atoms with E-state index in [2.05, 4.69) is 0 Å². The van der Waals surface area contributed by atoms with E-state index in [-0.39, 0.29) is 36.6 Å². The smallest absolute Gasteiger partial charge is 0.370 e. The van der Waals surface area contributed by atoms with Gasteiger partial charge in [0.1, 0.15) is 6.54 Å². The molecule has 2 rings (SSSR count). The second-order valence-electron chi connectivity index (χ2n) is 6.03. The number of benzene rings is 1. The lowest BCUT2D eigenvalue weighted by Crippen LogP contribution is -2.50. The largest absolute Gasteiger partial charge is 0.402 e. The first kappa shape index (κ1) is 20.7. The summed E-state index contributed by atoms with van der Waals surface area (Å²) in [6, 6.07) is 3.21. The lowest BCUT2D eigenvalue weighted by atomic mass is 10.0. The van der Waals surface area contributed by atoms with E-state index in [1.165, 1.54) is 18.2 Å². The van der Waals surface area contributed by atoms with Crippen molar-refractivity contribution in [1.29, 1.82) is 0 Å². The molecule has 0 saturated carbocycles.